The van der Waals surface area contributed by atoms with Crippen molar-refractivity contribution in [2.24, 2.45) is 20.0 Å². The summed E-state index contributed by atoms with van der Waals surface area (Å²) in [5.74, 6) is 1.44. The normalized spacial score (nSPS) is 16.2. The summed E-state index contributed by atoms with van der Waals surface area (Å²) in [5, 5.41) is 0. The first-order valence-corrected chi connectivity index (χ1v) is 9.27. The van der Waals surface area contributed by atoms with Gasteiger partial charge in [0.1, 0.15) is 5.82 Å². The molecule has 1 aliphatic rings. The average molecular weight is 347 g/mol. The first-order chi connectivity index (χ1) is 11.9. The lowest BCUT2D eigenvalue weighted by Gasteiger charge is -2.26. The smallest absolute Gasteiger partial charge is 0.321 e. The van der Waals surface area contributed by atoms with Crippen LogP contribution in [0.1, 0.15) is 45.4 Å². The number of fused-ring (bicyclic) bond motifs is 1. The van der Waals surface area contributed by atoms with E-state index in [1.54, 1.807) is 7.05 Å². The summed E-state index contributed by atoms with van der Waals surface area (Å²) in [6, 6.07) is 0. The van der Waals surface area contributed by atoms with Crippen molar-refractivity contribution in [3.63, 3.8) is 0 Å². The molecule has 7 nitrogen and oxygen atoms in total. The molecule has 1 fully saturated rings. The maximum absolute atomic E-state index is 12.7. The Hall–Kier alpha value is -1.89. The molecule has 0 aliphatic carbocycles. The molecule has 3 rings (SSSR count). The van der Waals surface area contributed by atoms with Gasteiger partial charge in [-0.15, -0.1) is 0 Å². The number of imidazole rings is 1. The second-order valence-electron chi connectivity index (χ2n) is 7.58. The van der Waals surface area contributed by atoms with Crippen LogP contribution in [0, 0.1) is 5.92 Å². The minimum absolute atomic E-state index is 0.251. The number of aryl methyl sites for hydroxylation is 2. The molecule has 7 heteroatoms. The fourth-order valence-corrected chi connectivity index (χ4v) is 3.56. The second-order valence-corrected chi connectivity index (χ2v) is 7.58. The predicted octanol–water partition coefficient (Wildman–Crippen LogP) is 1.47. The highest BCUT2D eigenvalue weighted by Crippen LogP contribution is 2.18. The summed E-state index contributed by atoms with van der Waals surface area (Å²) in [6.07, 6.45) is 4.69. The quantitative estimate of drug-likeness (QED) is 0.821. The van der Waals surface area contributed by atoms with E-state index in [4.69, 9.17) is 4.98 Å². The van der Waals surface area contributed by atoms with Crippen molar-refractivity contribution >= 4 is 11.2 Å². The van der Waals surface area contributed by atoms with Crippen molar-refractivity contribution < 1.29 is 0 Å². The number of piperidine rings is 1. The predicted molar refractivity (Wildman–Crippen MR) is 98.8 cm³/mol. The molecule has 0 aromatic carbocycles. The minimum Gasteiger partial charge on any atom is -0.321 e. The number of nitrogens with zero attached hydrogens (tertiary/aromatic N) is 5. The zero-order valence-electron chi connectivity index (χ0n) is 15.8. The van der Waals surface area contributed by atoms with Gasteiger partial charge in [0.15, 0.2) is 11.2 Å². The number of rotatable bonds is 5. The summed E-state index contributed by atoms with van der Waals surface area (Å²) in [4.78, 5) is 32.1. The van der Waals surface area contributed by atoms with Crippen molar-refractivity contribution in [1.82, 2.24) is 23.6 Å². The fourth-order valence-electron chi connectivity index (χ4n) is 3.56. The fraction of sp³-hybridized carbons (Fsp3) is 0.722. The van der Waals surface area contributed by atoms with Crippen LogP contribution < -0.4 is 11.2 Å². The summed E-state index contributed by atoms with van der Waals surface area (Å²) < 4.78 is 4.72. The third-order valence-electron chi connectivity index (χ3n) is 5.17. The van der Waals surface area contributed by atoms with Crippen LogP contribution in [0.4, 0.5) is 0 Å². The lowest BCUT2D eigenvalue weighted by Crippen LogP contribution is -2.37. The maximum atomic E-state index is 12.7. The van der Waals surface area contributed by atoms with Gasteiger partial charge < -0.3 is 4.57 Å². The molecule has 0 atom stereocenters. The van der Waals surface area contributed by atoms with Gasteiger partial charge in [0, 0.05) is 20.6 Å². The molecular weight excluding hydrogens is 318 g/mol. The van der Waals surface area contributed by atoms with E-state index in [1.165, 1.54) is 35.4 Å². The van der Waals surface area contributed by atoms with Crippen LogP contribution in [-0.2, 0) is 27.2 Å². The van der Waals surface area contributed by atoms with Crippen molar-refractivity contribution in [2.75, 3.05) is 13.1 Å². The van der Waals surface area contributed by atoms with Gasteiger partial charge in [0.2, 0.25) is 0 Å². The van der Waals surface area contributed by atoms with Crippen LogP contribution in [0.25, 0.3) is 11.2 Å². The molecule has 2 aromatic heterocycles. The molecule has 25 heavy (non-hydrogen) atoms. The maximum Gasteiger partial charge on any atom is 0.332 e. The molecule has 0 N–H and O–H groups in total. The zero-order valence-corrected chi connectivity index (χ0v) is 15.8. The van der Waals surface area contributed by atoms with E-state index < -0.39 is 0 Å². The van der Waals surface area contributed by atoms with Gasteiger partial charge in [-0.25, -0.2) is 9.78 Å². The summed E-state index contributed by atoms with van der Waals surface area (Å²) in [7, 11) is 3.22. The number of aromatic nitrogens is 4. The van der Waals surface area contributed by atoms with E-state index in [9.17, 15) is 9.59 Å². The highest BCUT2D eigenvalue weighted by molar-refractivity contribution is 5.71. The second kappa shape index (κ2) is 7.15. The SMILES string of the molecule is CC(C)CCn1c(CN2CCCCC2)nc2c1c(=O)n(C)c(=O)n2C. The van der Waals surface area contributed by atoms with E-state index in [0.29, 0.717) is 17.1 Å². The molecule has 0 amide bonds. The van der Waals surface area contributed by atoms with Gasteiger partial charge in [0.05, 0.1) is 6.54 Å². The highest BCUT2D eigenvalue weighted by Gasteiger charge is 2.21. The molecule has 3 heterocycles. The number of hydrogen-bond donors (Lipinski definition) is 0. The Morgan fingerprint density at radius 3 is 2.36 bits per heavy atom. The Kier molecular flexibility index (Phi) is 5.13. The van der Waals surface area contributed by atoms with E-state index in [2.05, 4.69) is 18.7 Å². The molecule has 0 saturated carbocycles. The first-order valence-electron chi connectivity index (χ1n) is 9.27. The van der Waals surface area contributed by atoms with Crippen molar-refractivity contribution in [2.45, 2.75) is 52.6 Å². The lowest BCUT2D eigenvalue weighted by molar-refractivity contribution is 0.213. The third-order valence-corrected chi connectivity index (χ3v) is 5.17. The molecule has 2 aromatic rings. The Morgan fingerprint density at radius 2 is 1.72 bits per heavy atom. The van der Waals surface area contributed by atoms with Crippen molar-refractivity contribution in [3.05, 3.63) is 26.7 Å². The molecule has 1 saturated heterocycles. The minimum atomic E-state index is -0.324. The topological polar surface area (TPSA) is 65.1 Å². The highest BCUT2D eigenvalue weighted by atomic mass is 16.2. The lowest BCUT2D eigenvalue weighted by atomic mass is 10.1. The van der Waals surface area contributed by atoms with E-state index >= 15 is 0 Å². The number of likely N-dealkylation sites (tertiary alicyclic amines) is 1. The third kappa shape index (κ3) is 3.42. The summed E-state index contributed by atoms with van der Waals surface area (Å²) >= 11 is 0. The monoisotopic (exact) mass is 347 g/mol. The van der Waals surface area contributed by atoms with Crippen LogP contribution in [0.15, 0.2) is 9.59 Å². The van der Waals surface area contributed by atoms with Crippen LogP contribution in [-0.4, -0.2) is 36.7 Å². The van der Waals surface area contributed by atoms with Crippen LogP contribution in [0.3, 0.4) is 0 Å². The molecule has 0 bridgehead atoms. The first kappa shape index (κ1) is 17.9. The van der Waals surface area contributed by atoms with Crippen LogP contribution >= 0.6 is 0 Å². The van der Waals surface area contributed by atoms with E-state index in [-0.39, 0.29) is 11.2 Å². The molecule has 0 unspecified atom stereocenters. The van der Waals surface area contributed by atoms with Gasteiger partial charge in [-0.1, -0.05) is 20.3 Å². The largest absolute Gasteiger partial charge is 0.332 e. The number of hydrogen-bond acceptors (Lipinski definition) is 4. The van der Waals surface area contributed by atoms with Gasteiger partial charge in [-0.2, -0.15) is 0 Å². The van der Waals surface area contributed by atoms with Crippen LogP contribution in [0.2, 0.25) is 0 Å². The molecule has 0 radical (unpaired) electrons. The molecule has 1 aliphatic heterocycles. The summed E-state index contributed by atoms with van der Waals surface area (Å²) in [6.45, 7) is 8.00. The molecule has 0 spiro atoms. The van der Waals surface area contributed by atoms with E-state index in [1.807, 2.05) is 4.57 Å². The Morgan fingerprint density at radius 1 is 1.04 bits per heavy atom. The van der Waals surface area contributed by atoms with Crippen molar-refractivity contribution in [3.8, 4) is 0 Å². The standard InChI is InChI=1S/C18H29N5O2/c1-13(2)8-11-23-14(12-22-9-6-5-7-10-22)19-16-15(23)17(24)21(4)18(25)20(16)3/h13H,5-12H2,1-4H3. The Bertz CT molecular complexity index is 868. The summed E-state index contributed by atoms with van der Waals surface area (Å²) in [5.41, 5.74) is 0.482. The van der Waals surface area contributed by atoms with Gasteiger partial charge in [0.25, 0.3) is 5.56 Å². The Labute approximate surface area is 147 Å². The van der Waals surface area contributed by atoms with Crippen molar-refractivity contribution in [1.29, 1.82) is 0 Å². The van der Waals surface area contributed by atoms with Gasteiger partial charge >= 0.3 is 5.69 Å². The Balaban J connectivity index is 2.12. The molecule has 138 valence electrons. The average Bonchev–Trinajstić information content (AvgIpc) is 2.95. The molecular formula is C18H29N5O2. The van der Waals surface area contributed by atoms with Crippen LogP contribution in [0.5, 0.6) is 0 Å². The van der Waals surface area contributed by atoms with Gasteiger partial charge in [-0.05, 0) is 38.3 Å². The van der Waals surface area contributed by atoms with Gasteiger partial charge in [-0.3, -0.25) is 18.8 Å². The van der Waals surface area contributed by atoms with E-state index in [0.717, 1.165) is 38.4 Å². The zero-order chi connectivity index (χ0) is 18.1.